The fourth-order valence-corrected chi connectivity index (χ4v) is 3.86. The lowest BCUT2D eigenvalue weighted by Gasteiger charge is -2.28. The molecule has 0 radical (unpaired) electrons. The first-order valence-electron chi connectivity index (χ1n) is 8.83. The highest BCUT2D eigenvalue weighted by molar-refractivity contribution is 7.13. The normalized spacial score (nSPS) is 14.2. The Morgan fingerprint density at radius 3 is 2.58 bits per heavy atom. The standard InChI is InChI=1S/C20H20N4OS/c25-19(18-14-26-20(23-18)17-6-2-3-11-21-17)22-15-7-9-16(10-8-15)24-12-4-1-5-13-24/h2-3,6-11,14H,1,4-5,12-13H2,(H,22,25). The van der Waals surface area contributed by atoms with Gasteiger partial charge in [0.25, 0.3) is 5.91 Å². The van der Waals surface area contributed by atoms with Gasteiger partial charge in [-0.05, 0) is 55.7 Å². The maximum absolute atomic E-state index is 12.4. The average Bonchev–Trinajstić information content (AvgIpc) is 3.20. The van der Waals surface area contributed by atoms with Crippen LogP contribution >= 0.6 is 11.3 Å². The lowest BCUT2D eigenvalue weighted by atomic mass is 10.1. The monoisotopic (exact) mass is 364 g/mol. The summed E-state index contributed by atoms with van der Waals surface area (Å²) in [7, 11) is 0. The van der Waals surface area contributed by atoms with Gasteiger partial charge in [0.1, 0.15) is 10.7 Å². The zero-order chi connectivity index (χ0) is 17.8. The zero-order valence-corrected chi connectivity index (χ0v) is 15.2. The van der Waals surface area contributed by atoms with E-state index in [4.69, 9.17) is 0 Å². The van der Waals surface area contributed by atoms with Crippen LogP contribution in [0.1, 0.15) is 29.8 Å². The maximum Gasteiger partial charge on any atom is 0.275 e. The summed E-state index contributed by atoms with van der Waals surface area (Å²) >= 11 is 1.42. The molecule has 26 heavy (non-hydrogen) atoms. The number of carbonyl (C=O) groups excluding carboxylic acids is 1. The Morgan fingerprint density at radius 1 is 1.04 bits per heavy atom. The van der Waals surface area contributed by atoms with Crippen molar-refractivity contribution >= 4 is 28.6 Å². The summed E-state index contributed by atoms with van der Waals surface area (Å²) in [6.45, 7) is 2.22. The third-order valence-corrected chi connectivity index (χ3v) is 5.33. The van der Waals surface area contributed by atoms with Crippen molar-refractivity contribution in [1.29, 1.82) is 0 Å². The van der Waals surface area contributed by atoms with Crippen LogP contribution in [0.2, 0.25) is 0 Å². The zero-order valence-electron chi connectivity index (χ0n) is 14.4. The summed E-state index contributed by atoms with van der Waals surface area (Å²) in [6.07, 6.45) is 5.54. The number of hydrogen-bond acceptors (Lipinski definition) is 5. The van der Waals surface area contributed by atoms with Gasteiger partial charge in [-0.2, -0.15) is 0 Å². The molecule has 0 atom stereocenters. The van der Waals surface area contributed by atoms with Crippen molar-refractivity contribution in [2.75, 3.05) is 23.3 Å². The average molecular weight is 364 g/mol. The molecule has 5 nitrogen and oxygen atoms in total. The lowest BCUT2D eigenvalue weighted by molar-refractivity contribution is 0.102. The minimum Gasteiger partial charge on any atom is -0.372 e. The van der Waals surface area contributed by atoms with Crippen LogP contribution in [0.5, 0.6) is 0 Å². The van der Waals surface area contributed by atoms with Crippen LogP contribution in [-0.2, 0) is 0 Å². The third-order valence-electron chi connectivity index (χ3n) is 4.47. The maximum atomic E-state index is 12.4. The summed E-state index contributed by atoms with van der Waals surface area (Å²) in [6, 6.07) is 13.7. The molecule has 1 aliphatic rings. The molecule has 1 N–H and O–H groups in total. The molecule has 132 valence electrons. The van der Waals surface area contributed by atoms with Gasteiger partial charge in [0.2, 0.25) is 0 Å². The van der Waals surface area contributed by atoms with Gasteiger partial charge in [-0.3, -0.25) is 9.78 Å². The molecule has 1 fully saturated rings. The van der Waals surface area contributed by atoms with E-state index in [1.165, 1.54) is 36.3 Å². The van der Waals surface area contributed by atoms with Crippen LogP contribution in [0.25, 0.3) is 10.7 Å². The Morgan fingerprint density at radius 2 is 1.85 bits per heavy atom. The Labute approximate surface area is 156 Å². The summed E-state index contributed by atoms with van der Waals surface area (Å²) < 4.78 is 0. The number of aromatic nitrogens is 2. The highest BCUT2D eigenvalue weighted by Gasteiger charge is 2.14. The quantitative estimate of drug-likeness (QED) is 0.743. The topological polar surface area (TPSA) is 58.1 Å². The summed E-state index contributed by atoms with van der Waals surface area (Å²) in [5.74, 6) is -0.200. The summed E-state index contributed by atoms with van der Waals surface area (Å²) in [4.78, 5) is 23.5. The predicted octanol–water partition coefficient (Wildman–Crippen LogP) is 4.45. The van der Waals surface area contributed by atoms with Crippen LogP contribution < -0.4 is 10.2 Å². The molecule has 3 aromatic rings. The molecular formula is C20H20N4OS. The number of hydrogen-bond donors (Lipinski definition) is 1. The molecule has 1 aliphatic heterocycles. The molecule has 0 spiro atoms. The first-order valence-corrected chi connectivity index (χ1v) is 9.71. The minimum atomic E-state index is -0.200. The molecule has 3 heterocycles. The van der Waals surface area contributed by atoms with Crippen LogP contribution in [0.15, 0.2) is 54.0 Å². The largest absolute Gasteiger partial charge is 0.372 e. The summed E-state index contributed by atoms with van der Waals surface area (Å²) in [5, 5.41) is 5.43. The summed E-state index contributed by atoms with van der Waals surface area (Å²) in [5.41, 5.74) is 3.19. The third kappa shape index (κ3) is 3.75. The molecule has 2 aromatic heterocycles. The van der Waals surface area contributed by atoms with Crippen molar-refractivity contribution in [3.05, 3.63) is 59.7 Å². The van der Waals surface area contributed by atoms with E-state index in [-0.39, 0.29) is 5.91 Å². The number of carbonyl (C=O) groups is 1. The van der Waals surface area contributed by atoms with Gasteiger partial charge in [-0.15, -0.1) is 11.3 Å². The van der Waals surface area contributed by atoms with Gasteiger partial charge in [0.15, 0.2) is 0 Å². The molecule has 1 amide bonds. The van der Waals surface area contributed by atoms with Crippen LogP contribution in [-0.4, -0.2) is 29.0 Å². The smallest absolute Gasteiger partial charge is 0.275 e. The van der Waals surface area contributed by atoms with E-state index in [0.29, 0.717) is 5.69 Å². The molecule has 0 bridgehead atoms. The van der Waals surface area contributed by atoms with Crippen molar-refractivity contribution in [3.8, 4) is 10.7 Å². The van der Waals surface area contributed by atoms with E-state index in [1.807, 2.05) is 30.3 Å². The number of thiazole rings is 1. The number of amides is 1. The molecular weight excluding hydrogens is 344 g/mol. The molecule has 1 aromatic carbocycles. The second kappa shape index (κ2) is 7.66. The lowest BCUT2D eigenvalue weighted by Crippen LogP contribution is -2.29. The number of rotatable bonds is 4. The number of benzene rings is 1. The predicted molar refractivity (Wildman–Crippen MR) is 106 cm³/mol. The van der Waals surface area contributed by atoms with E-state index in [9.17, 15) is 4.79 Å². The van der Waals surface area contributed by atoms with Crippen molar-refractivity contribution in [2.24, 2.45) is 0 Å². The number of anilines is 2. The number of nitrogens with zero attached hydrogens (tertiary/aromatic N) is 3. The number of nitrogens with one attached hydrogen (secondary N) is 1. The molecule has 0 unspecified atom stereocenters. The van der Waals surface area contributed by atoms with Crippen molar-refractivity contribution in [1.82, 2.24) is 9.97 Å². The molecule has 6 heteroatoms. The van der Waals surface area contributed by atoms with Gasteiger partial charge in [-0.1, -0.05) is 6.07 Å². The number of piperidine rings is 1. The SMILES string of the molecule is O=C(Nc1ccc(N2CCCCC2)cc1)c1csc(-c2ccccn2)n1. The van der Waals surface area contributed by atoms with E-state index < -0.39 is 0 Å². The Balaban J connectivity index is 1.42. The second-order valence-corrected chi connectivity index (χ2v) is 7.16. The molecule has 0 aliphatic carbocycles. The second-order valence-electron chi connectivity index (χ2n) is 6.30. The van der Waals surface area contributed by atoms with Gasteiger partial charge >= 0.3 is 0 Å². The van der Waals surface area contributed by atoms with Gasteiger partial charge in [0, 0.05) is 36.0 Å². The van der Waals surface area contributed by atoms with E-state index in [1.54, 1.807) is 11.6 Å². The fraction of sp³-hybridized carbons (Fsp3) is 0.250. The van der Waals surface area contributed by atoms with Gasteiger partial charge in [0.05, 0.1) is 5.69 Å². The van der Waals surface area contributed by atoms with E-state index in [0.717, 1.165) is 29.5 Å². The van der Waals surface area contributed by atoms with Crippen LogP contribution in [0.3, 0.4) is 0 Å². The fourth-order valence-electron chi connectivity index (χ4n) is 3.09. The Kier molecular flexibility index (Phi) is 4.93. The van der Waals surface area contributed by atoms with Crippen LogP contribution in [0.4, 0.5) is 11.4 Å². The van der Waals surface area contributed by atoms with Crippen molar-refractivity contribution < 1.29 is 4.79 Å². The minimum absolute atomic E-state index is 0.200. The molecule has 4 rings (SSSR count). The van der Waals surface area contributed by atoms with Gasteiger partial charge in [-0.25, -0.2) is 4.98 Å². The molecule has 1 saturated heterocycles. The highest BCUT2D eigenvalue weighted by Crippen LogP contribution is 2.24. The first kappa shape index (κ1) is 16.7. The van der Waals surface area contributed by atoms with E-state index >= 15 is 0 Å². The van der Waals surface area contributed by atoms with Crippen molar-refractivity contribution in [3.63, 3.8) is 0 Å². The van der Waals surface area contributed by atoms with Crippen LogP contribution in [0, 0.1) is 0 Å². The Bertz CT molecular complexity index is 870. The van der Waals surface area contributed by atoms with Gasteiger partial charge < -0.3 is 10.2 Å². The highest BCUT2D eigenvalue weighted by atomic mass is 32.1. The number of pyridine rings is 1. The van der Waals surface area contributed by atoms with E-state index in [2.05, 4.69) is 32.3 Å². The Hall–Kier alpha value is -2.73. The molecule has 0 saturated carbocycles. The van der Waals surface area contributed by atoms with Crippen molar-refractivity contribution in [2.45, 2.75) is 19.3 Å². The first-order chi connectivity index (χ1) is 12.8.